The van der Waals surface area contributed by atoms with Gasteiger partial charge in [-0.3, -0.25) is 14.6 Å². The van der Waals surface area contributed by atoms with E-state index in [0.717, 1.165) is 25.7 Å². The molecule has 5 N–H and O–H groups in total. The molecule has 22 heavy (non-hydrogen) atoms. The van der Waals surface area contributed by atoms with Crippen molar-refractivity contribution in [2.45, 2.75) is 44.2 Å². The second-order valence-electron chi connectivity index (χ2n) is 6.48. The number of pyridine rings is 1. The van der Waals surface area contributed by atoms with E-state index in [9.17, 15) is 9.59 Å². The van der Waals surface area contributed by atoms with Crippen molar-refractivity contribution in [1.29, 1.82) is 0 Å². The number of carbonyl (C=O) groups excluding carboxylic acids is 2. The minimum atomic E-state index is -0.595. The van der Waals surface area contributed by atoms with Gasteiger partial charge in [0, 0.05) is 18.3 Å². The number of primary amides is 1. The van der Waals surface area contributed by atoms with E-state index < -0.39 is 5.91 Å². The van der Waals surface area contributed by atoms with Crippen LogP contribution in [0.1, 0.15) is 53.0 Å². The summed E-state index contributed by atoms with van der Waals surface area (Å²) in [6.45, 7) is 0. The molecule has 2 saturated carbocycles. The average molecular weight is 302 g/mol. The highest BCUT2D eigenvalue weighted by atomic mass is 16.2. The maximum Gasteiger partial charge on any atom is 0.267 e. The molecule has 0 radical (unpaired) electrons. The number of nitrogens with zero attached hydrogens (tertiary/aromatic N) is 1. The molecule has 6 heteroatoms. The molecule has 1 heterocycles. The van der Waals surface area contributed by atoms with Crippen LogP contribution in [0, 0.1) is 11.8 Å². The van der Waals surface area contributed by atoms with Gasteiger partial charge in [0.05, 0.1) is 5.56 Å². The molecular weight excluding hydrogens is 280 g/mol. The largest absolute Gasteiger partial charge is 0.364 e. The number of aromatic nitrogens is 1. The van der Waals surface area contributed by atoms with Crippen molar-refractivity contribution in [2.24, 2.45) is 23.3 Å². The highest BCUT2D eigenvalue weighted by Gasteiger charge is 2.39. The Labute approximate surface area is 129 Å². The Morgan fingerprint density at radius 3 is 2.41 bits per heavy atom. The lowest BCUT2D eigenvalue weighted by Crippen LogP contribution is -2.53. The molecule has 1 aromatic heterocycles. The highest BCUT2D eigenvalue weighted by Crippen LogP contribution is 2.39. The van der Waals surface area contributed by atoms with Crippen molar-refractivity contribution in [2.75, 3.05) is 0 Å². The Kier molecular flexibility index (Phi) is 4.11. The lowest BCUT2D eigenvalue weighted by atomic mass is 9.67. The predicted octanol–water partition coefficient (Wildman–Crippen LogP) is 0.816. The van der Waals surface area contributed by atoms with Crippen LogP contribution in [0.3, 0.4) is 0 Å². The summed E-state index contributed by atoms with van der Waals surface area (Å²) in [4.78, 5) is 27.3. The van der Waals surface area contributed by atoms with E-state index in [4.69, 9.17) is 11.5 Å². The topological polar surface area (TPSA) is 111 Å². The smallest absolute Gasteiger partial charge is 0.267 e. The van der Waals surface area contributed by atoms with Crippen molar-refractivity contribution in [3.05, 3.63) is 29.6 Å². The molecule has 2 amide bonds. The molecule has 2 unspecified atom stereocenters. The van der Waals surface area contributed by atoms with Crippen LogP contribution in [-0.2, 0) is 0 Å². The number of hydrogen-bond acceptors (Lipinski definition) is 4. The third-order valence-corrected chi connectivity index (χ3v) is 4.95. The summed E-state index contributed by atoms with van der Waals surface area (Å²) in [5.41, 5.74) is 11.9. The zero-order valence-corrected chi connectivity index (χ0v) is 12.5. The van der Waals surface area contributed by atoms with Crippen molar-refractivity contribution < 1.29 is 9.59 Å². The summed E-state index contributed by atoms with van der Waals surface area (Å²) in [6, 6.07) is 3.54. The number of rotatable bonds is 3. The Morgan fingerprint density at radius 1 is 1.18 bits per heavy atom. The van der Waals surface area contributed by atoms with Gasteiger partial charge in [-0.2, -0.15) is 0 Å². The minimum absolute atomic E-state index is 0.138. The van der Waals surface area contributed by atoms with E-state index in [1.54, 1.807) is 6.07 Å². The van der Waals surface area contributed by atoms with Crippen LogP contribution >= 0.6 is 0 Å². The Balaban J connectivity index is 1.69. The van der Waals surface area contributed by atoms with Gasteiger partial charge in [-0.1, -0.05) is 6.42 Å². The highest BCUT2D eigenvalue weighted by molar-refractivity contribution is 5.95. The van der Waals surface area contributed by atoms with Gasteiger partial charge in [0.15, 0.2) is 0 Å². The number of nitrogens with two attached hydrogens (primary N) is 2. The van der Waals surface area contributed by atoms with Crippen LogP contribution in [0.15, 0.2) is 18.3 Å². The first-order valence-electron chi connectivity index (χ1n) is 7.87. The Hall–Kier alpha value is -1.95. The van der Waals surface area contributed by atoms with E-state index in [0.29, 0.717) is 17.4 Å². The van der Waals surface area contributed by atoms with E-state index >= 15 is 0 Å². The molecular formula is C16H22N4O2. The van der Waals surface area contributed by atoms with Gasteiger partial charge < -0.3 is 16.8 Å². The molecule has 118 valence electrons. The zero-order chi connectivity index (χ0) is 15.7. The molecule has 2 fully saturated rings. The van der Waals surface area contributed by atoms with E-state index in [2.05, 4.69) is 10.3 Å². The summed E-state index contributed by atoms with van der Waals surface area (Å²) in [5, 5.41) is 3.16. The number of carbonyl (C=O) groups is 2. The monoisotopic (exact) mass is 302 g/mol. The first kappa shape index (κ1) is 15.0. The maximum atomic E-state index is 12.4. The van der Waals surface area contributed by atoms with Crippen molar-refractivity contribution in [1.82, 2.24) is 10.3 Å². The molecule has 0 saturated heterocycles. The normalized spacial score (nSPS) is 30.6. The van der Waals surface area contributed by atoms with Gasteiger partial charge in [0.1, 0.15) is 5.69 Å². The van der Waals surface area contributed by atoms with Crippen LogP contribution in [0.4, 0.5) is 0 Å². The number of hydrogen-bond donors (Lipinski definition) is 3. The zero-order valence-electron chi connectivity index (χ0n) is 12.5. The SMILES string of the molecule is NC(=O)c1ccc(C(=O)NC2C3CCCC2CC(N)C3)cn1. The van der Waals surface area contributed by atoms with Gasteiger partial charge in [-0.05, 0) is 49.7 Å². The lowest BCUT2D eigenvalue weighted by molar-refractivity contribution is 0.0755. The first-order valence-corrected chi connectivity index (χ1v) is 7.87. The summed E-state index contributed by atoms with van der Waals surface area (Å²) in [5.74, 6) is 0.220. The van der Waals surface area contributed by atoms with Crippen molar-refractivity contribution >= 4 is 11.8 Å². The Bertz CT molecular complexity index is 558. The van der Waals surface area contributed by atoms with Crippen molar-refractivity contribution in [3.63, 3.8) is 0 Å². The predicted molar refractivity (Wildman–Crippen MR) is 82.0 cm³/mol. The third-order valence-electron chi connectivity index (χ3n) is 4.95. The molecule has 1 aromatic rings. The maximum absolute atomic E-state index is 12.4. The van der Waals surface area contributed by atoms with Crippen molar-refractivity contribution in [3.8, 4) is 0 Å². The number of nitrogens with one attached hydrogen (secondary N) is 1. The fourth-order valence-corrected chi connectivity index (χ4v) is 3.93. The van der Waals surface area contributed by atoms with Gasteiger partial charge in [0.25, 0.3) is 11.8 Å². The second kappa shape index (κ2) is 6.04. The third kappa shape index (κ3) is 2.97. The summed E-state index contributed by atoms with van der Waals surface area (Å²) in [6.07, 6.45) is 6.87. The molecule has 3 rings (SSSR count). The Morgan fingerprint density at radius 2 is 1.86 bits per heavy atom. The van der Waals surface area contributed by atoms with Gasteiger partial charge in [-0.15, -0.1) is 0 Å². The van der Waals surface area contributed by atoms with Crippen LogP contribution in [0.2, 0.25) is 0 Å². The van der Waals surface area contributed by atoms with Crippen LogP contribution in [0.25, 0.3) is 0 Å². The molecule has 2 atom stereocenters. The van der Waals surface area contributed by atoms with Crippen LogP contribution < -0.4 is 16.8 Å². The molecule has 2 aliphatic carbocycles. The first-order chi connectivity index (χ1) is 10.5. The van der Waals surface area contributed by atoms with E-state index in [1.165, 1.54) is 18.7 Å². The number of amides is 2. The second-order valence-corrected chi connectivity index (χ2v) is 6.48. The summed E-state index contributed by atoms with van der Waals surface area (Å²) >= 11 is 0. The van der Waals surface area contributed by atoms with E-state index in [1.807, 2.05) is 0 Å². The summed E-state index contributed by atoms with van der Waals surface area (Å²) in [7, 11) is 0. The van der Waals surface area contributed by atoms with Gasteiger partial charge in [-0.25, -0.2) is 0 Å². The quantitative estimate of drug-likeness (QED) is 0.767. The van der Waals surface area contributed by atoms with Gasteiger partial charge >= 0.3 is 0 Å². The van der Waals surface area contributed by atoms with Crippen LogP contribution in [0.5, 0.6) is 0 Å². The molecule has 0 aromatic carbocycles. The minimum Gasteiger partial charge on any atom is -0.364 e. The van der Waals surface area contributed by atoms with Gasteiger partial charge in [0.2, 0.25) is 0 Å². The molecule has 0 spiro atoms. The fraction of sp³-hybridized carbons (Fsp3) is 0.562. The molecule has 6 nitrogen and oxygen atoms in total. The lowest BCUT2D eigenvalue weighted by Gasteiger charge is -2.45. The summed E-state index contributed by atoms with van der Waals surface area (Å²) < 4.78 is 0. The fourth-order valence-electron chi connectivity index (χ4n) is 3.93. The molecule has 0 aliphatic heterocycles. The molecule has 2 bridgehead atoms. The van der Waals surface area contributed by atoms with Crippen LogP contribution in [-0.4, -0.2) is 28.9 Å². The standard InChI is InChI=1S/C16H22N4O2/c17-12-6-9-2-1-3-10(7-12)14(9)20-16(22)11-4-5-13(15(18)21)19-8-11/h4-5,8-10,12,14H,1-3,6-7,17H2,(H2,18,21)(H,20,22). The average Bonchev–Trinajstić information content (AvgIpc) is 2.48. The molecule has 2 aliphatic rings. The van der Waals surface area contributed by atoms with E-state index in [-0.39, 0.29) is 23.7 Å². The number of fused-ring (bicyclic) bond motifs is 2.